The first kappa shape index (κ1) is 15.1. The van der Waals surface area contributed by atoms with Crippen LogP contribution in [0, 0.1) is 5.92 Å². The summed E-state index contributed by atoms with van der Waals surface area (Å²) < 4.78 is 0. The van der Waals surface area contributed by atoms with E-state index in [0.29, 0.717) is 5.92 Å². The zero-order valence-electron chi connectivity index (χ0n) is 12.3. The molecular weight excluding hydrogens is 222 g/mol. The van der Waals surface area contributed by atoms with Crippen LogP contribution in [-0.2, 0) is 19.4 Å². The first-order valence-corrected chi connectivity index (χ1v) is 7.21. The van der Waals surface area contributed by atoms with Crippen molar-refractivity contribution in [2.24, 2.45) is 5.92 Å². The lowest BCUT2D eigenvalue weighted by atomic mass is 10.1. The van der Waals surface area contributed by atoms with Crippen LogP contribution in [0.4, 0.5) is 0 Å². The van der Waals surface area contributed by atoms with Crippen molar-refractivity contribution in [1.29, 1.82) is 0 Å². The molecular formula is C15H27N3. The Morgan fingerprint density at radius 2 is 2.00 bits per heavy atom. The van der Waals surface area contributed by atoms with Gasteiger partial charge in [-0.15, -0.1) is 0 Å². The smallest absolute Gasteiger partial charge is 0.128 e. The van der Waals surface area contributed by atoms with Crippen LogP contribution in [0.5, 0.6) is 0 Å². The van der Waals surface area contributed by atoms with Crippen molar-refractivity contribution in [1.82, 2.24) is 15.3 Å². The number of hydrogen-bond donors (Lipinski definition) is 1. The van der Waals surface area contributed by atoms with Crippen LogP contribution in [0.1, 0.15) is 57.6 Å². The summed E-state index contributed by atoms with van der Waals surface area (Å²) in [7, 11) is 0. The molecule has 1 N–H and O–H groups in total. The molecule has 102 valence electrons. The minimum Gasteiger partial charge on any atom is -0.313 e. The van der Waals surface area contributed by atoms with Crippen LogP contribution in [-0.4, -0.2) is 16.5 Å². The van der Waals surface area contributed by atoms with E-state index in [-0.39, 0.29) is 0 Å². The van der Waals surface area contributed by atoms with Gasteiger partial charge >= 0.3 is 0 Å². The van der Waals surface area contributed by atoms with E-state index in [0.717, 1.165) is 44.6 Å². The number of aryl methyl sites for hydroxylation is 2. The van der Waals surface area contributed by atoms with Crippen molar-refractivity contribution in [3.05, 3.63) is 23.3 Å². The fourth-order valence-corrected chi connectivity index (χ4v) is 1.88. The van der Waals surface area contributed by atoms with E-state index in [2.05, 4.69) is 38.0 Å². The predicted octanol–water partition coefficient (Wildman–Crippen LogP) is 3.13. The fraction of sp³-hybridized carbons (Fsp3) is 0.733. The van der Waals surface area contributed by atoms with Gasteiger partial charge in [0.1, 0.15) is 5.82 Å². The largest absolute Gasteiger partial charge is 0.313 e. The third kappa shape index (κ3) is 5.13. The van der Waals surface area contributed by atoms with Crippen LogP contribution >= 0.6 is 0 Å². The lowest BCUT2D eigenvalue weighted by Gasteiger charge is -2.10. The molecule has 0 saturated heterocycles. The van der Waals surface area contributed by atoms with Gasteiger partial charge in [0.05, 0.1) is 0 Å². The molecule has 3 heteroatoms. The van der Waals surface area contributed by atoms with E-state index in [1.54, 1.807) is 0 Å². The molecule has 18 heavy (non-hydrogen) atoms. The summed E-state index contributed by atoms with van der Waals surface area (Å²) in [6, 6.07) is 0. The normalized spacial score (nSPS) is 11.2. The van der Waals surface area contributed by atoms with Crippen molar-refractivity contribution in [2.75, 3.05) is 6.54 Å². The van der Waals surface area contributed by atoms with Crippen molar-refractivity contribution in [3.63, 3.8) is 0 Å². The Balaban J connectivity index is 2.74. The zero-order chi connectivity index (χ0) is 13.4. The number of aromatic nitrogens is 2. The first-order valence-electron chi connectivity index (χ1n) is 7.21. The summed E-state index contributed by atoms with van der Waals surface area (Å²) in [4.78, 5) is 9.23. The fourth-order valence-electron chi connectivity index (χ4n) is 1.88. The molecule has 0 aliphatic rings. The van der Waals surface area contributed by atoms with Gasteiger partial charge in [-0.05, 0) is 25.3 Å². The first-order chi connectivity index (χ1) is 8.67. The molecule has 1 heterocycles. The third-order valence-corrected chi connectivity index (χ3v) is 3.00. The quantitative estimate of drug-likeness (QED) is 0.769. The predicted molar refractivity (Wildman–Crippen MR) is 76.6 cm³/mol. The van der Waals surface area contributed by atoms with E-state index in [4.69, 9.17) is 4.98 Å². The molecule has 3 nitrogen and oxygen atoms in total. The highest BCUT2D eigenvalue weighted by Gasteiger charge is 2.07. The maximum Gasteiger partial charge on any atom is 0.128 e. The maximum atomic E-state index is 4.74. The molecule has 1 rings (SSSR count). The van der Waals surface area contributed by atoms with Gasteiger partial charge in [0.2, 0.25) is 0 Å². The Bertz CT molecular complexity index is 348. The van der Waals surface area contributed by atoms with E-state index in [1.807, 2.05) is 6.20 Å². The molecule has 1 aromatic rings. The van der Waals surface area contributed by atoms with Crippen LogP contribution in [0.2, 0.25) is 0 Å². The average Bonchev–Trinajstić information content (AvgIpc) is 2.35. The van der Waals surface area contributed by atoms with Crippen LogP contribution in [0.15, 0.2) is 6.20 Å². The van der Waals surface area contributed by atoms with Crippen molar-refractivity contribution in [3.8, 4) is 0 Å². The zero-order valence-corrected chi connectivity index (χ0v) is 12.3. The van der Waals surface area contributed by atoms with Gasteiger partial charge in [-0.25, -0.2) is 9.97 Å². The second-order valence-corrected chi connectivity index (χ2v) is 5.22. The van der Waals surface area contributed by atoms with Crippen LogP contribution in [0.3, 0.4) is 0 Å². The summed E-state index contributed by atoms with van der Waals surface area (Å²) in [5.41, 5.74) is 2.49. The molecule has 0 aliphatic heterocycles. The Hall–Kier alpha value is -0.960. The molecule has 0 radical (unpaired) electrons. The van der Waals surface area contributed by atoms with Crippen molar-refractivity contribution >= 4 is 0 Å². The number of hydrogen-bond acceptors (Lipinski definition) is 3. The summed E-state index contributed by atoms with van der Waals surface area (Å²) >= 11 is 0. The highest BCUT2D eigenvalue weighted by molar-refractivity contribution is 5.18. The molecule has 0 fully saturated rings. The lowest BCUT2D eigenvalue weighted by molar-refractivity contribution is 0.571. The summed E-state index contributed by atoms with van der Waals surface area (Å²) in [6.45, 7) is 10.7. The van der Waals surface area contributed by atoms with E-state index in [9.17, 15) is 0 Å². The Labute approximate surface area is 111 Å². The molecule has 0 aliphatic carbocycles. The minimum atomic E-state index is 0.713. The summed E-state index contributed by atoms with van der Waals surface area (Å²) in [6.07, 6.45) is 6.36. The third-order valence-electron chi connectivity index (χ3n) is 3.00. The molecule has 0 unspecified atom stereocenters. The summed E-state index contributed by atoms with van der Waals surface area (Å²) in [5, 5.41) is 3.35. The Morgan fingerprint density at radius 1 is 1.22 bits per heavy atom. The maximum absolute atomic E-state index is 4.74. The molecule has 0 amide bonds. The van der Waals surface area contributed by atoms with Gasteiger partial charge in [-0.2, -0.15) is 0 Å². The molecule has 0 saturated carbocycles. The minimum absolute atomic E-state index is 0.713. The second kappa shape index (κ2) is 8.20. The van der Waals surface area contributed by atoms with Gasteiger partial charge in [-0.3, -0.25) is 0 Å². The van der Waals surface area contributed by atoms with Gasteiger partial charge in [0.25, 0.3) is 0 Å². The molecule has 0 aromatic carbocycles. The van der Waals surface area contributed by atoms with Crippen molar-refractivity contribution in [2.45, 2.75) is 59.9 Å². The number of nitrogens with zero attached hydrogens (tertiary/aromatic N) is 2. The van der Waals surface area contributed by atoms with Gasteiger partial charge in [0, 0.05) is 30.4 Å². The Kier molecular flexibility index (Phi) is 6.88. The van der Waals surface area contributed by atoms with Crippen LogP contribution < -0.4 is 5.32 Å². The SMILES string of the molecule is CCCc1nc(CCC(C)C)ncc1CNCC. The highest BCUT2D eigenvalue weighted by atomic mass is 14.9. The van der Waals surface area contributed by atoms with Gasteiger partial charge in [-0.1, -0.05) is 34.1 Å². The summed E-state index contributed by atoms with van der Waals surface area (Å²) in [5.74, 6) is 1.72. The Morgan fingerprint density at radius 3 is 2.61 bits per heavy atom. The van der Waals surface area contributed by atoms with Crippen LogP contribution in [0.25, 0.3) is 0 Å². The van der Waals surface area contributed by atoms with Crippen molar-refractivity contribution < 1.29 is 0 Å². The standard InChI is InChI=1S/C15H27N3/c1-5-7-14-13(10-16-6-2)11-17-15(18-14)9-8-12(3)4/h11-12,16H,5-10H2,1-4H3. The van der Waals surface area contributed by atoms with E-state index in [1.165, 1.54) is 11.3 Å². The van der Waals surface area contributed by atoms with Gasteiger partial charge < -0.3 is 5.32 Å². The molecule has 1 aromatic heterocycles. The number of nitrogens with one attached hydrogen (secondary N) is 1. The second-order valence-electron chi connectivity index (χ2n) is 5.22. The number of rotatable bonds is 8. The molecule has 0 bridgehead atoms. The van der Waals surface area contributed by atoms with E-state index >= 15 is 0 Å². The van der Waals surface area contributed by atoms with E-state index < -0.39 is 0 Å². The molecule has 0 atom stereocenters. The van der Waals surface area contributed by atoms with Gasteiger partial charge in [0.15, 0.2) is 0 Å². The monoisotopic (exact) mass is 249 g/mol. The highest BCUT2D eigenvalue weighted by Crippen LogP contribution is 2.11. The topological polar surface area (TPSA) is 37.8 Å². The average molecular weight is 249 g/mol. The lowest BCUT2D eigenvalue weighted by Crippen LogP contribution is -2.15. The molecule has 0 spiro atoms.